The first-order valence-electron chi connectivity index (χ1n) is 6.68. The highest BCUT2D eigenvalue weighted by molar-refractivity contribution is 7.99. The van der Waals surface area contributed by atoms with Crippen LogP contribution in [0.2, 0.25) is 5.15 Å². The Morgan fingerprint density at radius 1 is 1.38 bits per heavy atom. The van der Waals surface area contributed by atoms with Crippen molar-refractivity contribution in [3.05, 3.63) is 52.8 Å². The average Bonchev–Trinajstić information content (AvgIpc) is 3.07. The fourth-order valence-corrected chi connectivity index (χ4v) is 3.49. The lowest BCUT2D eigenvalue weighted by molar-refractivity contribution is -0.111. The molecule has 0 fully saturated rings. The van der Waals surface area contributed by atoms with Gasteiger partial charge in [-0.1, -0.05) is 23.4 Å². The summed E-state index contributed by atoms with van der Waals surface area (Å²) in [6, 6.07) is 6.19. The second kappa shape index (κ2) is 7.33. The van der Waals surface area contributed by atoms with Crippen LogP contribution in [-0.2, 0) is 4.79 Å². The van der Waals surface area contributed by atoms with Gasteiger partial charge in [0.25, 0.3) is 5.76 Å². The number of fused-ring (bicyclic) bond motifs is 1. The number of rotatable bonds is 5. The zero-order valence-corrected chi connectivity index (χ0v) is 14.3. The van der Waals surface area contributed by atoms with Crippen molar-refractivity contribution in [3.63, 3.8) is 0 Å². The average molecular weight is 386 g/mol. The van der Waals surface area contributed by atoms with Gasteiger partial charge in [0.2, 0.25) is 5.91 Å². The molecule has 4 nitrogen and oxygen atoms in total. The molecule has 0 unspecified atom stereocenters. The Hall–Kier alpha value is -1.90. The molecule has 9 heteroatoms. The molecule has 1 aromatic carbocycles. The van der Waals surface area contributed by atoms with E-state index in [2.05, 4.69) is 10.3 Å². The number of halogens is 3. The minimum absolute atomic E-state index is 0.319. The van der Waals surface area contributed by atoms with E-state index >= 15 is 0 Å². The lowest BCUT2D eigenvalue weighted by atomic mass is 10.3. The zero-order chi connectivity index (χ0) is 17.1. The Morgan fingerprint density at radius 3 is 2.83 bits per heavy atom. The van der Waals surface area contributed by atoms with E-state index in [0.717, 1.165) is 4.96 Å². The van der Waals surface area contributed by atoms with Crippen molar-refractivity contribution >= 4 is 57.3 Å². The predicted octanol–water partition coefficient (Wildman–Crippen LogP) is 5.02. The van der Waals surface area contributed by atoms with E-state index in [9.17, 15) is 13.6 Å². The lowest BCUT2D eigenvalue weighted by Crippen LogP contribution is -2.07. The van der Waals surface area contributed by atoms with Crippen LogP contribution in [-0.4, -0.2) is 21.0 Å². The molecule has 124 valence electrons. The third-order valence-corrected chi connectivity index (χ3v) is 4.75. The first-order valence-corrected chi connectivity index (χ1v) is 8.81. The van der Waals surface area contributed by atoms with E-state index in [1.54, 1.807) is 22.6 Å². The molecule has 2 aromatic heterocycles. The maximum absolute atomic E-state index is 12.3. The van der Waals surface area contributed by atoms with Crippen molar-refractivity contribution in [1.82, 2.24) is 9.38 Å². The van der Waals surface area contributed by atoms with Crippen LogP contribution in [0.5, 0.6) is 0 Å². The minimum Gasteiger partial charge on any atom is -0.323 e. The van der Waals surface area contributed by atoms with Gasteiger partial charge >= 0.3 is 0 Å². The summed E-state index contributed by atoms with van der Waals surface area (Å²) in [7, 11) is 0. The smallest absolute Gasteiger partial charge is 0.288 e. The van der Waals surface area contributed by atoms with Crippen LogP contribution < -0.4 is 5.32 Å². The summed E-state index contributed by atoms with van der Waals surface area (Å²) < 4.78 is 26.3. The van der Waals surface area contributed by atoms with Gasteiger partial charge in [0.15, 0.2) is 10.1 Å². The lowest BCUT2D eigenvalue weighted by Gasteiger charge is -2.04. The van der Waals surface area contributed by atoms with E-state index in [4.69, 9.17) is 11.6 Å². The number of carbonyl (C=O) groups is 1. The fourth-order valence-electron chi connectivity index (χ4n) is 1.98. The Kier molecular flexibility index (Phi) is 5.17. The Morgan fingerprint density at radius 2 is 2.12 bits per heavy atom. The Balaban J connectivity index is 1.67. The highest BCUT2D eigenvalue weighted by atomic mass is 35.5. The molecule has 0 saturated carbocycles. The van der Waals surface area contributed by atoms with Gasteiger partial charge < -0.3 is 5.32 Å². The van der Waals surface area contributed by atoms with Crippen molar-refractivity contribution in [3.8, 4) is 0 Å². The minimum atomic E-state index is -2.47. The van der Waals surface area contributed by atoms with Gasteiger partial charge in [-0.05, 0) is 30.3 Å². The maximum atomic E-state index is 12.3. The number of alkyl halides is 2. The van der Waals surface area contributed by atoms with Crippen LogP contribution in [0.25, 0.3) is 11.0 Å². The molecule has 0 saturated heterocycles. The molecule has 0 radical (unpaired) electrons. The summed E-state index contributed by atoms with van der Waals surface area (Å²) in [4.78, 5) is 17.3. The number of aromatic nitrogens is 2. The molecule has 0 aliphatic carbocycles. The van der Waals surface area contributed by atoms with Crippen LogP contribution in [0.3, 0.4) is 0 Å². The van der Waals surface area contributed by atoms with Crippen molar-refractivity contribution in [2.75, 3.05) is 5.32 Å². The summed E-state index contributed by atoms with van der Waals surface area (Å²) in [6.07, 6.45) is 4.73. The Labute approximate surface area is 149 Å². The number of carbonyl (C=O) groups excluding carboxylic acids is 1. The fraction of sp³-hybridized carbons (Fsp3) is 0.0667. The number of nitrogens with one attached hydrogen (secondary N) is 1. The van der Waals surface area contributed by atoms with Crippen molar-refractivity contribution < 1.29 is 13.6 Å². The van der Waals surface area contributed by atoms with Crippen molar-refractivity contribution in [2.24, 2.45) is 0 Å². The molecule has 1 amide bonds. The highest BCUT2D eigenvalue weighted by Gasteiger charge is 2.09. The van der Waals surface area contributed by atoms with Gasteiger partial charge in [0.1, 0.15) is 0 Å². The van der Waals surface area contributed by atoms with Crippen molar-refractivity contribution in [1.29, 1.82) is 0 Å². The van der Waals surface area contributed by atoms with Crippen LogP contribution >= 0.6 is 34.7 Å². The van der Waals surface area contributed by atoms with Gasteiger partial charge in [-0.3, -0.25) is 9.20 Å². The van der Waals surface area contributed by atoms with Gasteiger partial charge in [0.05, 0.1) is 5.69 Å². The highest BCUT2D eigenvalue weighted by Crippen LogP contribution is 2.26. The monoisotopic (exact) mass is 385 g/mol. The molecule has 0 aliphatic heterocycles. The van der Waals surface area contributed by atoms with E-state index in [-0.39, 0.29) is 5.91 Å². The number of hydrogen-bond donors (Lipinski definition) is 1. The van der Waals surface area contributed by atoms with Crippen LogP contribution in [0.1, 0.15) is 5.69 Å². The van der Waals surface area contributed by atoms with Gasteiger partial charge in [-0.2, -0.15) is 8.78 Å². The molecule has 3 aromatic rings. The van der Waals surface area contributed by atoms with E-state index in [1.807, 2.05) is 11.6 Å². The van der Waals surface area contributed by atoms with E-state index in [1.165, 1.54) is 29.5 Å². The SMILES string of the molecule is O=C(/C=C/c1c(Cl)nc2sccn12)Nc1ccc(SC(F)F)cc1. The largest absolute Gasteiger partial charge is 0.323 e. The number of nitrogens with zero attached hydrogens (tertiary/aromatic N) is 2. The first kappa shape index (κ1) is 16.9. The summed E-state index contributed by atoms with van der Waals surface area (Å²) in [5.74, 6) is -2.83. The maximum Gasteiger partial charge on any atom is 0.288 e. The normalized spacial score (nSPS) is 11.7. The number of benzene rings is 1. The molecule has 0 atom stereocenters. The molecule has 0 spiro atoms. The van der Waals surface area contributed by atoms with Crippen molar-refractivity contribution in [2.45, 2.75) is 10.7 Å². The summed E-state index contributed by atoms with van der Waals surface area (Å²) >= 11 is 7.94. The van der Waals surface area contributed by atoms with Gasteiger partial charge in [0, 0.05) is 28.2 Å². The molecule has 24 heavy (non-hydrogen) atoms. The number of thioether (sulfide) groups is 1. The van der Waals surface area contributed by atoms with Crippen LogP contribution in [0.4, 0.5) is 14.5 Å². The number of anilines is 1. The summed E-state index contributed by atoms with van der Waals surface area (Å²) in [6.45, 7) is 0. The predicted molar refractivity (Wildman–Crippen MR) is 94.0 cm³/mol. The van der Waals surface area contributed by atoms with E-state index < -0.39 is 5.76 Å². The van der Waals surface area contributed by atoms with Crippen LogP contribution in [0, 0.1) is 0 Å². The zero-order valence-electron chi connectivity index (χ0n) is 11.9. The van der Waals surface area contributed by atoms with Gasteiger partial charge in [-0.25, -0.2) is 4.98 Å². The third-order valence-electron chi connectivity index (χ3n) is 2.99. The quantitative estimate of drug-likeness (QED) is 0.495. The number of amides is 1. The molecule has 3 rings (SSSR count). The second-order valence-corrected chi connectivity index (χ2v) is 6.86. The topological polar surface area (TPSA) is 46.4 Å². The van der Waals surface area contributed by atoms with E-state index in [0.29, 0.717) is 33.2 Å². The second-order valence-electron chi connectivity index (χ2n) is 4.57. The Bertz CT molecular complexity index is 890. The molecular weight excluding hydrogens is 376 g/mol. The molecule has 2 heterocycles. The standard InChI is InChI=1S/C15H10ClF2N3OS2/c16-13-11(21-7-8-23-15(21)20-13)5-6-12(22)19-9-1-3-10(4-2-9)24-14(17)18/h1-8,14H,(H,19,22)/b6-5+. The van der Waals surface area contributed by atoms with Gasteiger partial charge in [-0.15, -0.1) is 11.3 Å². The van der Waals surface area contributed by atoms with Crippen LogP contribution in [0.15, 0.2) is 46.8 Å². The first-order chi connectivity index (χ1) is 11.5. The molecule has 0 bridgehead atoms. The summed E-state index contributed by atoms with van der Waals surface area (Å²) in [5, 5.41) is 4.84. The third kappa shape index (κ3) is 3.95. The number of hydrogen-bond acceptors (Lipinski definition) is 4. The number of imidazole rings is 1. The summed E-state index contributed by atoms with van der Waals surface area (Å²) in [5.41, 5.74) is 1.13. The molecule has 0 aliphatic rings. The molecular formula is C15H10ClF2N3OS2. The number of thiazole rings is 1. The molecule has 1 N–H and O–H groups in total.